The average molecular weight is 202 g/mol. The zero-order valence-corrected chi connectivity index (χ0v) is 10.3. The zero-order chi connectivity index (χ0) is 11.2. The minimum Gasteiger partial charge on any atom is -0.385 e. The lowest BCUT2D eigenvalue weighted by Crippen LogP contribution is -2.53. The molecule has 3 nitrogen and oxygen atoms in total. The van der Waals surface area contributed by atoms with Gasteiger partial charge in [-0.05, 0) is 26.3 Å². The van der Waals surface area contributed by atoms with Gasteiger partial charge in [0.25, 0.3) is 0 Å². The molecule has 2 N–H and O–H groups in total. The molecule has 0 heterocycles. The molecular formula is C11H26N2O. The predicted octanol–water partition coefficient (Wildman–Crippen LogP) is 1.33. The monoisotopic (exact) mass is 202 g/mol. The second kappa shape index (κ2) is 6.38. The molecule has 0 saturated heterocycles. The van der Waals surface area contributed by atoms with Gasteiger partial charge in [-0.25, -0.2) is 0 Å². The topological polar surface area (TPSA) is 38.5 Å². The number of hydrogen-bond donors (Lipinski definition) is 1. The summed E-state index contributed by atoms with van der Waals surface area (Å²) in [4.78, 5) is 2.34. The fourth-order valence-corrected chi connectivity index (χ4v) is 1.53. The molecule has 0 bridgehead atoms. The highest BCUT2D eigenvalue weighted by atomic mass is 16.5. The van der Waals surface area contributed by atoms with Crippen LogP contribution in [0.1, 0.15) is 27.2 Å². The van der Waals surface area contributed by atoms with Crippen LogP contribution >= 0.6 is 0 Å². The first-order valence-electron chi connectivity index (χ1n) is 5.39. The number of likely N-dealkylation sites (N-methyl/N-ethyl adjacent to an activating group) is 1. The Kier molecular flexibility index (Phi) is 6.33. The molecule has 14 heavy (non-hydrogen) atoms. The third-order valence-electron chi connectivity index (χ3n) is 3.37. The lowest BCUT2D eigenvalue weighted by Gasteiger charge is -2.41. The van der Waals surface area contributed by atoms with Gasteiger partial charge < -0.3 is 10.5 Å². The van der Waals surface area contributed by atoms with Crippen LogP contribution in [0.25, 0.3) is 0 Å². The molecule has 1 atom stereocenters. The first-order valence-corrected chi connectivity index (χ1v) is 5.39. The quantitative estimate of drug-likeness (QED) is 0.633. The highest BCUT2D eigenvalue weighted by Gasteiger charge is 2.30. The van der Waals surface area contributed by atoms with E-state index in [0.717, 1.165) is 19.6 Å². The third-order valence-corrected chi connectivity index (χ3v) is 3.37. The second-order valence-electron chi connectivity index (χ2n) is 4.48. The summed E-state index contributed by atoms with van der Waals surface area (Å²) in [6.07, 6.45) is 1.06. The van der Waals surface area contributed by atoms with Crippen molar-refractivity contribution in [1.82, 2.24) is 4.90 Å². The maximum absolute atomic E-state index is 5.84. The van der Waals surface area contributed by atoms with Crippen LogP contribution in [0.4, 0.5) is 0 Å². The van der Waals surface area contributed by atoms with Crippen molar-refractivity contribution in [2.45, 2.75) is 32.7 Å². The number of ether oxygens (including phenoxy) is 1. The Morgan fingerprint density at radius 3 is 2.36 bits per heavy atom. The molecule has 0 spiro atoms. The Balaban J connectivity index is 4.10. The van der Waals surface area contributed by atoms with Gasteiger partial charge in [0, 0.05) is 32.3 Å². The Morgan fingerprint density at radius 1 is 1.43 bits per heavy atom. The lowest BCUT2D eigenvalue weighted by molar-refractivity contribution is 0.0823. The first-order chi connectivity index (χ1) is 6.49. The molecule has 0 saturated carbocycles. The SMILES string of the molecule is COCCCN(C)C(C)(CN)C(C)C. The van der Waals surface area contributed by atoms with Crippen LogP contribution in [0.15, 0.2) is 0 Å². The van der Waals surface area contributed by atoms with E-state index < -0.39 is 0 Å². The summed E-state index contributed by atoms with van der Waals surface area (Å²) in [5.74, 6) is 0.569. The van der Waals surface area contributed by atoms with Crippen LogP contribution < -0.4 is 5.73 Å². The van der Waals surface area contributed by atoms with Gasteiger partial charge >= 0.3 is 0 Å². The highest BCUT2D eigenvalue weighted by Crippen LogP contribution is 2.21. The Morgan fingerprint density at radius 2 is 2.00 bits per heavy atom. The Bertz CT molecular complexity index is 150. The molecule has 1 unspecified atom stereocenters. The molecular weight excluding hydrogens is 176 g/mol. The first kappa shape index (κ1) is 13.9. The third kappa shape index (κ3) is 3.56. The van der Waals surface area contributed by atoms with Crippen molar-refractivity contribution in [1.29, 1.82) is 0 Å². The molecule has 0 rings (SSSR count). The predicted molar refractivity (Wildman–Crippen MR) is 61.4 cm³/mol. The highest BCUT2D eigenvalue weighted by molar-refractivity contribution is 4.88. The van der Waals surface area contributed by atoms with Crippen LogP contribution in [0.3, 0.4) is 0 Å². The van der Waals surface area contributed by atoms with Crippen LogP contribution in [0.5, 0.6) is 0 Å². The van der Waals surface area contributed by atoms with Gasteiger partial charge in [-0.3, -0.25) is 4.90 Å². The summed E-state index contributed by atoms with van der Waals surface area (Å²) >= 11 is 0. The fourth-order valence-electron chi connectivity index (χ4n) is 1.53. The van der Waals surface area contributed by atoms with Crippen LogP contribution in [-0.2, 0) is 4.74 Å². The van der Waals surface area contributed by atoms with Crippen molar-refractivity contribution in [3.05, 3.63) is 0 Å². The maximum atomic E-state index is 5.84. The smallest absolute Gasteiger partial charge is 0.0474 e. The van der Waals surface area contributed by atoms with E-state index >= 15 is 0 Å². The van der Waals surface area contributed by atoms with Crippen molar-refractivity contribution >= 4 is 0 Å². The fraction of sp³-hybridized carbons (Fsp3) is 1.00. The molecule has 3 heteroatoms. The van der Waals surface area contributed by atoms with Gasteiger partial charge in [0.1, 0.15) is 0 Å². The van der Waals surface area contributed by atoms with E-state index in [1.807, 2.05) is 0 Å². The van der Waals surface area contributed by atoms with Crippen molar-refractivity contribution in [2.75, 3.05) is 33.9 Å². The van der Waals surface area contributed by atoms with Crippen molar-refractivity contribution in [3.8, 4) is 0 Å². The summed E-state index contributed by atoms with van der Waals surface area (Å²) in [6.45, 7) is 9.24. The molecule has 0 fully saturated rings. The largest absolute Gasteiger partial charge is 0.385 e. The number of hydrogen-bond acceptors (Lipinski definition) is 3. The number of rotatable bonds is 7. The summed E-state index contributed by atoms with van der Waals surface area (Å²) in [6, 6.07) is 0. The molecule has 0 aromatic heterocycles. The zero-order valence-electron chi connectivity index (χ0n) is 10.3. The summed E-state index contributed by atoms with van der Waals surface area (Å²) < 4.78 is 5.04. The number of nitrogens with zero attached hydrogens (tertiary/aromatic N) is 1. The standard InChI is InChI=1S/C11H26N2O/c1-10(2)11(3,9-12)13(4)7-6-8-14-5/h10H,6-9,12H2,1-5H3. The summed E-state index contributed by atoms with van der Waals surface area (Å²) in [5, 5.41) is 0. The van der Waals surface area contributed by atoms with Gasteiger partial charge in [0.05, 0.1) is 0 Å². The van der Waals surface area contributed by atoms with E-state index in [4.69, 9.17) is 10.5 Å². The number of nitrogens with two attached hydrogens (primary N) is 1. The molecule has 0 radical (unpaired) electrons. The number of methoxy groups -OCH3 is 1. The van der Waals surface area contributed by atoms with E-state index in [-0.39, 0.29) is 5.54 Å². The van der Waals surface area contributed by atoms with Crippen LogP contribution in [0.2, 0.25) is 0 Å². The molecule has 86 valence electrons. The van der Waals surface area contributed by atoms with Gasteiger partial charge in [-0.1, -0.05) is 13.8 Å². The van der Waals surface area contributed by atoms with Crippen molar-refractivity contribution < 1.29 is 4.74 Å². The van der Waals surface area contributed by atoms with E-state index in [1.54, 1.807) is 7.11 Å². The molecule has 0 aliphatic heterocycles. The van der Waals surface area contributed by atoms with Crippen molar-refractivity contribution in [3.63, 3.8) is 0 Å². The normalized spacial score (nSPS) is 16.3. The van der Waals surface area contributed by atoms with E-state index in [1.165, 1.54) is 0 Å². The average Bonchev–Trinajstić information content (AvgIpc) is 2.16. The minimum absolute atomic E-state index is 0.105. The molecule has 0 aliphatic carbocycles. The maximum Gasteiger partial charge on any atom is 0.0474 e. The van der Waals surface area contributed by atoms with Gasteiger partial charge in [-0.2, -0.15) is 0 Å². The van der Waals surface area contributed by atoms with E-state index in [9.17, 15) is 0 Å². The Hall–Kier alpha value is -0.120. The molecule has 0 aromatic rings. The second-order valence-corrected chi connectivity index (χ2v) is 4.48. The lowest BCUT2D eigenvalue weighted by atomic mass is 9.87. The van der Waals surface area contributed by atoms with E-state index in [0.29, 0.717) is 12.5 Å². The van der Waals surface area contributed by atoms with Crippen LogP contribution in [-0.4, -0.2) is 44.3 Å². The Labute approximate surface area is 88.6 Å². The van der Waals surface area contributed by atoms with Gasteiger partial charge in [0.2, 0.25) is 0 Å². The van der Waals surface area contributed by atoms with Crippen molar-refractivity contribution in [2.24, 2.45) is 11.7 Å². The molecule has 0 aliphatic rings. The molecule has 0 amide bonds. The summed E-state index contributed by atoms with van der Waals surface area (Å²) in [5.41, 5.74) is 5.95. The van der Waals surface area contributed by atoms with Crippen LogP contribution in [0, 0.1) is 5.92 Å². The van der Waals surface area contributed by atoms with E-state index in [2.05, 4.69) is 32.7 Å². The van der Waals surface area contributed by atoms with Gasteiger partial charge in [0.15, 0.2) is 0 Å². The molecule has 0 aromatic carbocycles. The van der Waals surface area contributed by atoms with Gasteiger partial charge in [-0.15, -0.1) is 0 Å². The minimum atomic E-state index is 0.105. The summed E-state index contributed by atoms with van der Waals surface area (Å²) in [7, 11) is 3.88.